The van der Waals surface area contributed by atoms with Gasteiger partial charge in [0.1, 0.15) is 0 Å². The molecule has 0 spiro atoms. The maximum Gasteiger partial charge on any atom is 0.177 e. The second-order valence-electron chi connectivity index (χ2n) is 3.02. The van der Waals surface area contributed by atoms with Crippen molar-refractivity contribution in [1.29, 1.82) is 0 Å². The van der Waals surface area contributed by atoms with Gasteiger partial charge < -0.3 is 9.47 Å². The Hall–Kier alpha value is -0.340. The third-order valence-electron chi connectivity index (χ3n) is 1.75. The first-order chi connectivity index (χ1) is 5.22. The van der Waals surface area contributed by atoms with Gasteiger partial charge in [-0.1, -0.05) is 6.08 Å². The lowest BCUT2D eigenvalue weighted by molar-refractivity contribution is -0.209. The Morgan fingerprint density at radius 1 is 1.18 bits per heavy atom. The van der Waals surface area contributed by atoms with Crippen LogP contribution in [0.5, 0.6) is 0 Å². The van der Waals surface area contributed by atoms with Crippen molar-refractivity contribution in [2.75, 3.05) is 0 Å². The molecule has 0 bridgehead atoms. The van der Waals surface area contributed by atoms with Crippen molar-refractivity contribution >= 4 is 0 Å². The summed E-state index contributed by atoms with van der Waals surface area (Å²) in [5.74, 6) is 0. The first-order valence-electron chi connectivity index (χ1n) is 4.16. The summed E-state index contributed by atoms with van der Waals surface area (Å²) < 4.78 is 11.0. The molecule has 1 aliphatic rings. The molecule has 0 N–H and O–H groups in total. The van der Waals surface area contributed by atoms with E-state index in [0.717, 1.165) is 6.42 Å². The normalized spacial score (nSPS) is 39.7. The molecule has 1 aliphatic heterocycles. The Kier molecular flexibility index (Phi) is 3.09. The van der Waals surface area contributed by atoms with Gasteiger partial charge in [-0.05, 0) is 33.3 Å². The monoisotopic (exact) mass is 156 g/mol. The van der Waals surface area contributed by atoms with Crippen molar-refractivity contribution in [3.8, 4) is 0 Å². The summed E-state index contributed by atoms with van der Waals surface area (Å²) in [4.78, 5) is 0. The highest BCUT2D eigenvalue weighted by atomic mass is 16.7. The number of hydrogen-bond acceptors (Lipinski definition) is 2. The van der Waals surface area contributed by atoms with Crippen LogP contribution in [0, 0.1) is 0 Å². The predicted octanol–water partition coefficient (Wildman–Crippen LogP) is 2.10. The minimum absolute atomic E-state index is 0.126. The quantitative estimate of drug-likeness (QED) is 0.541. The summed E-state index contributed by atoms with van der Waals surface area (Å²) in [5.41, 5.74) is 0. The third kappa shape index (κ3) is 2.64. The fourth-order valence-electron chi connectivity index (χ4n) is 1.32. The van der Waals surface area contributed by atoms with Gasteiger partial charge in [-0.3, -0.25) is 0 Å². The number of ether oxygens (including phenoxy) is 2. The second-order valence-corrected chi connectivity index (χ2v) is 3.02. The van der Waals surface area contributed by atoms with Gasteiger partial charge in [-0.15, -0.1) is 0 Å². The standard InChI is InChI=1S/C9H16O2/c1-4-5-9-10-7(2)6-8(3)11-9/h4-5,7-9H,6H2,1-3H3. The van der Waals surface area contributed by atoms with E-state index in [2.05, 4.69) is 13.8 Å². The zero-order chi connectivity index (χ0) is 8.27. The van der Waals surface area contributed by atoms with Gasteiger partial charge in [0.25, 0.3) is 0 Å². The van der Waals surface area contributed by atoms with Gasteiger partial charge in [0.15, 0.2) is 6.29 Å². The van der Waals surface area contributed by atoms with Crippen LogP contribution < -0.4 is 0 Å². The molecule has 2 nitrogen and oxygen atoms in total. The molecular formula is C9H16O2. The highest BCUT2D eigenvalue weighted by molar-refractivity contribution is 4.84. The summed E-state index contributed by atoms with van der Waals surface area (Å²) in [7, 11) is 0. The lowest BCUT2D eigenvalue weighted by Gasteiger charge is -2.30. The van der Waals surface area contributed by atoms with E-state index in [1.165, 1.54) is 0 Å². The molecule has 1 heterocycles. The topological polar surface area (TPSA) is 18.5 Å². The van der Waals surface area contributed by atoms with Crippen LogP contribution in [0.25, 0.3) is 0 Å². The largest absolute Gasteiger partial charge is 0.346 e. The first kappa shape index (κ1) is 8.75. The van der Waals surface area contributed by atoms with Gasteiger partial charge in [0.2, 0.25) is 0 Å². The Balaban J connectivity index is 2.42. The molecule has 2 unspecified atom stereocenters. The van der Waals surface area contributed by atoms with E-state index >= 15 is 0 Å². The lowest BCUT2D eigenvalue weighted by atomic mass is 10.2. The zero-order valence-corrected chi connectivity index (χ0v) is 7.41. The molecule has 0 aromatic rings. The molecule has 11 heavy (non-hydrogen) atoms. The molecule has 64 valence electrons. The maximum absolute atomic E-state index is 5.49. The maximum atomic E-state index is 5.49. The summed E-state index contributed by atoms with van der Waals surface area (Å²) in [5, 5.41) is 0. The Bertz CT molecular complexity index is 132. The fourth-order valence-corrected chi connectivity index (χ4v) is 1.32. The molecule has 0 aromatic carbocycles. The summed E-state index contributed by atoms with van der Waals surface area (Å²) in [6, 6.07) is 0. The molecule has 1 fully saturated rings. The second kappa shape index (κ2) is 3.88. The third-order valence-corrected chi connectivity index (χ3v) is 1.75. The van der Waals surface area contributed by atoms with Crippen LogP contribution in [0.1, 0.15) is 27.2 Å². The van der Waals surface area contributed by atoms with E-state index < -0.39 is 0 Å². The Labute approximate surface area is 68.2 Å². The van der Waals surface area contributed by atoms with E-state index in [0.29, 0.717) is 12.2 Å². The smallest absolute Gasteiger partial charge is 0.177 e. The van der Waals surface area contributed by atoms with Gasteiger partial charge in [0, 0.05) is 0 Å². The van der Waals surface area contributed by atoms with Crippen molar-refractivity contribution in [3.05, 3.63) is 12.2 Å². The van der Waals surface area contributed by atoms with Crippen LogP contribution in [-0.2, 0) is 9.47 Å². The van der Waals surface area contributed by atoms with E-state index in [4.69, 9.17) is 9.47 Å². The number of allylic oxidation sites excluding steroid dienone is 1. The molecule has 2 heteroatoms. The summed E-state index contributed by atoms with van der Waals surface area (Å²) in [6.45, 7) is 6.13. The van der Waals surface area contributed by atoms with Crippen molar-refractivity contribution in [2.24, 2.45) is 0 Å². The summed E-state index contributed by atoms with van der Waals surface area (Å²) >= 11 is 0. The zero-order valence-electron chi connectivity index (χ0n) is 7.41. The molecule has 2 atom stereocenters. The van der Waals surface area contributed by atoms with Crippen molar-refractivity contribution in [2.45, 2.75) is 45.7 Å². The Morgan fingerprint density at radius 3 is 2.18 bits per heavy atom. The average Bonchev–Trinajstić information content (AvgIpc) is 1.85. The molecule has 1 saturated heterocycles. The van der Waals surface area contributed by atoms with Crippen molar-refractivity contribution < 1.29 is 9.47 Å². The van der Waals surface area contributed by atoms with Crippen LogP contribution in [0.3, 0.4) is 0 Å². The minimum atomic E-state index is -0.126. The van der Waals surface area contributed by atoms with E-state index in [1.54, 1.807) is 0 Å². The van der Waals surface area contributed by atoms with E-state index in [-0.39, 0.29) is 6.29 Å². The lowest BCUT2D eigenvalue weighted by Crippen LogP contribution is -2.34. The number of rotatable bonds is 1. The van der Waals surface area contributed by atoms with Crippen LogP contribution >= 0.6 is 0 Å². The van der Waals surface area contributed by atoms with Gasteiger partial charge in [-0.2, -0.15) is 0 Å². The minimum Gasteiger partial charge on any atom is -0.346 e. The average molecular weight is 156 g/mol. The van der Waals surface area contributed by atoms with E-state index in [1.807, 2.05) is 19.1 Å². The SMILES string of the molecule is CC=CC1OC(C)CC(C)O1. The van der Waals surface area contributed by atoms with Crippen LogP contribution in [0.2, 0.25) is 0 Å². The molecule has 0 radical (unpaired) electrons. The van der Waals surface area contributed by atoms with Crippen molar-refractivity contribution in [3.63, 3.8) is 0 Å². The summed E-state index contributed by atoms with van der Waals surface area (Å²) in [6.07, 6.45) is 5.40. The molecule has 0 amide bonds. The van der Waals surface area contributed by atoms with Crippen LogP contribution in [0.15, 0.2) is 12.2 Å². The van der Waals surface area contributed by atoms with Crippen LogP contribution in [0.4, 0.5) is 0 Å². The van der Waals surface area contributed by atoms with Crippen molar-refractivity contribution in [1.82, 2.24) is 0 Å². The molecule has 0 aliphatic carbocycles. The first-order valence-corrected chi connectivity index (χ1v) is 4.16. The van der Waals surface area contributed by atoms with E-state index in [9.17, 15) is 0 Å². The molecule has 0 saturated carbocycles. The molecular weight excluding hydrogens is 140 g/mol. The predicted molar refractivity (Wildman–Crippen MR) is 44.3 cm³/mol. The van der Waals surface area contributed by atoms with Crippen LogP contribution in [-0.4, -0.2) is 18.5 Å². The molecule has 1 rings (SSSR count). The van der Waals surface area contributed by atoms with Gasteiger partial charge in [0.05, 0.1) is 12.2 Å². The molecule has 0 aromatic heterocycles. The number of hydrogen-bond donors (Lipinski definition) is 0. The Morgan fingerprint density at radius 2 is 1.73 bits per heavy atom. The van der Waals surface area contributed by atoms with Gasteiger partial charge >= 0.3 is 0 Å². The fraction of sp³-hybridized carbons (Fsp3) is 0.778. The van der Waals surface area contributed by atoms with Gasteiger partial charge in [-0.25, -0.2) is 0 Å². The highest BCUT2D eigenvalue weighted by Gasteiger charge is 2.22. The highest BCUT2D eigenvalue weighted by Crippen LogP contribution is 2.18.